The largest absolute Gasteiger partial charge is 0.399 e. The number of carbonyl (C=O) groups excluding carboxylic acids is 1. The van der Waals surface area contributed by atoms with Gasteiger partial charge in [-0.2, -0.15) is 0 Å². The molecular formula is C15H24N4O. The average molecular weight is 276 g/mol. The van der Waals surface area contributed by atoms with Crippen LogP contribution in [-0.4, -0.2) is 47.9 Å². The molecule has 110 valence electrons. The van der Waals surface area contributed by atoms with Gasteiger partial charge in [-0.15, -0.1) is 0 Å². The lowest BCUT2D eigenvalue weighted by atomic mass is 10.1. The molecule has 4 N–H and O–H groups in total. The molecule has 0 aromatic heterocycles. The van der Waals surface area contributed by atoms with E-state index in [9.17, 15) is 4.79 Å². The van der Waals surface area contributed by atoms with Gasteiger partial charge in [0.15, 0.2) is 0 Å². The van der Waals surface area contributed by atoms with Crippen LogP contribution in [0.1, 0.15) is 30.6 Å². The van der Waals surface area contributed by atoms with Gasteiger partial charge in [-0.25, -0.2) is 0 Å². The molecule has 0 bridgehead atoms. The summed E-state index contributed by atoms with van der Waals surface area (Å²) < 4.78 is 0. The topological polar surface area (TPSA) is 75.6 Å². The predicted molar refractivity (Wildman–Crippen MR) is 82.5 cm³/mol. The predicted octanol–water partition coefficient (Wildman–Crippen LogP) is 1.41. The minimum Gasteiger partial charge on any atom is -0.399 e. The van der Waals surface area contributed by atoms with Gasteiger partial charge in [-0.1, -0.05) is 6.92 Å². The van der Waals surface area contributed by atoms with Crippen molar-refractivity contribution in [3.05, 3.63) is 23.8 Å². The number of benzene rings is 1. The van der Waals surface area contributed by atoms with Crippen molar-refractivity contribution in [1.82, 2.24) is 9.80 Å². The third-order valence-corrected chi connectivity index (χ3v) is 4.12. The van der Waals surface area contributed by atoms with Crippen LogP contribution in [0.5, 0.6) is 0 Å². The summed E-state index contributed by atoms with van der Waals surface area (Å²) in [6, 6.07) is 5.66. The van der Waals surface area contributed by atoms with E-state index in [4.69, 9.17) is 11.5 Å². The van der Waals surface area contributed by atoms with Gasteiger partial charge in [0.1, 0.15) is 0 Å². The van der Waals surface area contributed by atoms with Crippen molar-refractivity contribution in [3.63, 3.8) is 0 Å². The van der Waals surface area contributed by atoms with E-state index in [1.807, 2.05) is 4.90 Å². The van der Waals surface area contributed by atoms with Crippen LogP contribution in [0.3, 0.4) is 0 Å². The van der Waals surface area contributed by atoms with Crippen molar-refractivity contribution < 1.29 is 4.79 Å². The molecule has 1 fully saturated rings. The summed E-state index contributed by atoms with van der Waals surface area (Å²) in [5.41, 5.74) is 13.1. The summed E-state index contributed by atoms with van der Waals surface area (Å²) in [7, 11) is 0. The Kier molecular flexibility index (Phi) is 4.49. The molecule has 1 aliphatic heterocycles. The van der Waals surface area contributed by atoms with Gasteiger partial charge in [0.2, 0.25) is 0 Å². The fourth-order valence-corrected chi connectivity index (χ4v) is 2.57. The quantitative estimate of drug-likeness (QED) is 0.818. The van der Waals surface area contributed by atoms with Crippen LogP contribution in [0.25, 0.3) is 0 Å². The molecule has 1 unspecified atom stereocenters. The van der Waals surface area contributed by atoms with E-state index in [0.29, 0.717) is 23.0 Å². The zero-order valence-corrected chi connectivity index (χ0v) is 12.3. The van der Waals surface area contributed by atoms with Gasteiger partial charge in [0.05, 0.1) is 5.56 Å². The highest BCUT2D eigenvalue weighted by Crippen LogP contribution is 2.19. The maximum atomic E-state index is 12.5. The van der Waals surface area contributed by atoms with Crippen LogP contribution in [0.4, 0.5) is 11.4 Å². The standard InChI is InChI=1S/C15H24N4O/c1-3-11(2)18-6-8-19(9-7-18)15(20)13-5-4-12(16)10-14(13)17/h4-5,10-11H,3,6-9,16-17H2,1-2H3. The highest BCUT2D eigenvalue weighted by atomic mass is 16.2. The lowest BCUT2D eigenvalue weighted by Gasteiger charge is -2.38. The van der Waals surface area contributed by atoms with Crippen molar-refractivity contribution in [2.75, 3.05) is 37.6 Å². The third kappa shape index (κ3) is 3.04. The number of rotatable bonds is 3. The molecule has 0 spiro atoms. The number of hydrogen-bond donors (Lipinski definition) is 2. The fraction of sp³-hybridized carbons (Fsp3) is 0.533. The van der Waals surface area contributed by atoms with E-state index in [0.717, 1.165) is 32.6 Å². The Hall–Kier alpha value is -1.75. The SMILES string of the molecule is CCC(C)N1CCN(C(=O)c2ccc(N)cc2N)CC1. The van der Waals surface area contributed by atoms with E-state index >= 15 is 0 Å². The summed E-state index contributed by atoms with van der Waals surface area (Å²) in [5.74, 6) is 0.00583. The van der Waals surface area contributed by atoms with Crippen LogP contribution >= 0.6 is 0 Å². The van der Waals surface area contributed by atoms with Crippen molar-refractivity contribution in [2.45, 2.75) is 26.3 Å². The van der Waals surface area contributed by atoms with Crippen LogP contribution < -0.4 is 11.5 Å². The molecule has 1 atom stereocenters. The molecule has 1 aliphatic rings. The Morgan fingerprint density at radius 2 is 1.90 bits per heavy atom. The Morgan fingerprint density at radius 3 is 2.45 bits per heavy atom. The molecule has 0 saturated carbocycles. The number of amides is 1. The van der Waals surface area contributed by atoms with E-state index in [1.54, 1.807) is 18.2 Å². The molecule has 1 aromatic carbocycles. The molecule has 5 heteroatoms. The first-order chi connectivity index (χ1) is 9.52. The summed E-state index contributed by atoms with van der Waals surface area (Å²) in [6.07, 6.45) is 1.14. The smallest absolute Gasteiger partial charge is 0.256 e. The van der Waals surface area contributed by atoms with Crippen LogP contribution in [0.2, 0.25) is 0 Å². The maximum Gasteiger partial charge on any atom is 0.256 e. The molecule has 5 nitrogen and oxygen atoms in total. The highest BCUT2D eigenvalue weighted by Gasteiger charge is 2.25. The Labute approximate surface area is 120 Å². The molecule has 0 radical (unpaired) electrons. The van der Waals surface area contributed by atoms with Crippen LogP contribution in [-0.2, 0) is 0 Å². The molecule has 1 amide bonds. The Balaban J connectivity index is 2.01. The van der Waals surface area contributed by atoms with E-state index in [1.165, 1.54) is 0 Å². The third-order valence-electron chi connectivity index (χ3n) is 4.12. The minimum absolute atomic E-state index is 0.00583. The molecule has 1 heterocycles. The molecule has 2 rings (SSSR count). The number of hydrogen-bond acceptors (Lipinski definition) is 4. The van der Waals surface area contributed by atoms with E-state index < -0.39 is 0 Å². The average Bonchev–Trinajstić information content (AvgIpc) is 2.46. The zero-order valence-electron chi connectivity index (χ0n) is 12.3. The summed E-state index contributed by atoms with van der Waals surface area (Å²) in [5, 5.41) is 0. The first-order valence-corrected chi connectivity index (χ1v) is 7.21. The molecular weight excluding hydrogens is 252 g/mol. The zero-order chi connectivity index (χ0) is 14.7. The lowest BCUT2D eigenvalue weighted by Crippen LogP contribution is -2.51. The monoisotopic (exact) mass is 276 g/mol. The van der Waals surface area contributed by atoms with Gasteiger partial charge in [-0.3, -0.25) is 9.69 Å². The van der Waals surface area contributed by atoms with Gasteiger partial charge in [0.25, 0.3) is 5.91 Å². The van der Waals surface area contributed by atoms with Crippen molar-refractivity contribution in [3.8, 4) is 0 Å². The normalized spacial score (nSPS) is 18.0. The Bertz CT molecular complexity index is 481. The highest BCUT2D eigenvalue weighted by molar-refractivity contribution is 5.99. The second-order valence-electron chi connectivity index (χ2n) is 5.43. The first kappa shape index (κ1) is 14.7. The number of carbonyl (C=O) groups is 1. The van der Waals surface area contributed by atoms with Crippen molar-refractivity contribution >= 4 is 17.3 Å². The van der Waals surface area contributed by atoms with Gasteiger partial charge in [0, 0.05) is 43.6 Å². The molecule has 0 aliphatic carbocycles. The summed E-state index contributed by atoms with van der Waals surface area (Å²) in [6.45, 7) is 7.79. The van der Waals surface area contributed by atoms with Crippen molar-refractivity contribution in [1.29, 1.82) is 0 Å². The fourth-order valence-electron chi connectivity index (χ4n) is 2.57. The first-order valence-electron chi connectivity index (χ1n) is 7.21. The number of nitrogens with two attached hydrogens (primary N) is 2. The second-order valence-corrected chi connectivity index (χ2v) is 5.43. The molecule has 1 aromatic rings. The van der Waals surface area contributed by atoms with E-state index in [2.05, 4.69) is 18.7 Å². The number of nitrogen functional groups attached to an aromatic ring is 2. The number of nitrogens with zero attached hydrogens (tertiary/aromatic N) is 2. The minimum atomic E-state index is 0.00583. The molecule has 20 heavy (non-hydrogen) atoms. The van der Waals surface area contributed by atoms with Gasteiger partial charge >= 0.3 is 0 Å². The summed E-state index contributed by atoms with van der Waals surface area (Å²) >= 11 is 0. The summed E-state index contributed by atoms with van der Waals surface area (Å²) in [4.78, 5) is 16.8. The maximum absolute atomic E-state index is 12.5. The Morgan fingerprint density at radius 1 is 1.25 bits per heavy atom. The van der Waals surface area contributed by atoms with Gasteiger partial charge in [-0.05, 0) is 31.5 Å². The van der Waals surface area contributed by atoms with Crippen LogP contribution in [0, 0.1) is 0 Å². The van der Waals surface area contributed by atoms with Gasteiger partial charge < -0.3 is 16.4 Å². The van der Waals surface area contributed by atoms with Crippen molar-refractivity contribution in [2.24, 2.45) is 0 Å². The lowest BCUT2D eigenvalue weighted by molar-refractivity contribution is 0.0580. The number of anilines is 2. The van der Waals surface area contributed by atoms with E-state index in [-0.39, 0.29) is 5.91 Å². The second kappa shape index (κ2) is 6.13. The van der Waals surface area contributed by atoms with Crippen LogP contribution in [0.15, 0.2) is 18.2 Å². The number of piperazine rings is 1. The molecule has 1 saturated heterocycles.